The van der Waals surface area contributed by atoms with E-state index in [1.165, 1.54) is 12.1 Å². The Kier molecular flexibility index (Phi) is 6.08. The van der Waals surface area contributed by atoms with Crippen molar-refractivity contribution < 1.29 is 14.2 Å². The second kappa shape index (κ2) is 7.82. The highest BCUT2D eigenvalue weighted by Gasteiger charge is 2.09. The Hall–Kier alpha value is -1.05. The Morgan fingerprint density at radius 2 is 2.05 bits per heavy atom. The first-order valence-corrected chi connectivity index (χ1v) is 7.76. The number of nitrogens with one attached hydrogen (secondary N) is 1. The van der Waals surface area contributed by atoms with Gasteiger partial charge in [0.1, 0.15) is 12.7 Å². The summed E-state index contributed by atoms with van der Waals surface area (Å²) in [5, 5.41) is 13.5. The number of para-hydroxylation sites is 1. The number of ether oxygens (including phenoxy) is 1. The van der Waals surface area contributed by atoms with Crippen LogP contribution in [0.25, 0.3) is 0 Å². The maximum absolute atomic E-state index is 13.3. The SMILES string of the molecule is OC(CNc1ccc(I)cc1Cl)COc1ccccc1F. The number of hydrogen-bond donors (Lipinski definition) is 2. The number of benzene rings is 2. The lowest BCUT2D eigenvalue weighted by atomic mass is 10.3. The average molecular weight is 422 g/mol. The maximum Gasteiger partial charge on any atom is 0.165 e. The summed E-state index contributed by atoms with van der Waals surface area (Å²) in [4.78, 5) is 0. The van der Waals surface area contributed by atoms with E-state index in [2.05, 4.69) is 27.9 Å². The van der Waals surface area contributed by atoms with Crippen molar-refractivity contribution >= 4 is 39.9 Å². The van der Waals surface area contributed by atoms with E-state index in [1.54, 1.807) is 12.1 Å². The number of rotatable bonds is 6. The third kappa shape index (κ3) is 5.01. The second-order valence-corrected chi connectivity index (χ2v) is 6.05. The lowest BCUT2D eigenvalue weighted by Gasteiger charge is -2.15. The molecule has 3 nitrogen and oxygen atoms in total. The lowest BCUT2D eigenvalue weighted by Crippen LogP contribution is -2.26. The summed E-state index contributed by atoms with van der Waals surface area (Å²) in [6.07, 6.45) is -0.778. The molecule has 6 heteroatoms. The second-order valence-electron chi connectivity index (χ2n) is 4.40. The van der Waals surface area contributed by atoms with E-state index in [4.69, 9.17) is 16.3 Å². The molecule has 0 bridgehead atoms. The molecule has 1 atom stereocenters. The van der Waals surface area contributed by atoms with Crippen LogP contribution in [-0.2, 0) is 0 Å². The normalized spacial score (nSPS) is 12.0. The van der Waals surface area contributed by atoms with Crippen molar-refractivity contribution in [3.63, 3.8) is 0 Å². The van der Waals surface area contributed by atoms with Crippen molar-refractivity contribution in [1.29, 1.82) is 0 Å². The molecule has 1 unspecified atom stereocenters. The van der Waals surface area contributed by atoms with Crippen LogP contribution < -0.4 is 10.1 Å². The zero-order chi connectivity index (χ0) is 15.2. The molecule has 0 radical (unpaired) electrons. The predicted octanol–water partition coefficient (Wildman–Crippen LogP) is 3.94. The lowest BCUT2D eigenvalue weighted by molar-refractivity contribution is 0.115. The number of hydrogen-bond acceptors (Lipinski definition) is 3. The van der Waals surface area contributed by atoms with E-state index in [0.717, 1.165) is 9.26 Å². The standard InChI is InChI=1S/C15H14ClFINO2/c16-12-7-10(18)5-6-14(12)19-8-11(20)9-21-15-4-2-1-3-13(15)17/h1-7,11,19-20H,8-9H2. The molecule has 0 spiro atoms. The number of aliphatic hydroxyl groups is 1. The maximum atomic E-state index is 13.3. The van der Waals surface area contributed by atoms with Gasteiger partial charge < -0.3 is 15.2 Å². The van der Waals surface area contributed by atoms with Gasteiger partial charge in [0.25, 0.3) is 0 Å². The molecule has 0 fully saturated rings. The fourth-order valence-corrected chi connectivity index (χ4v) is 2.59. The summed E-state index contributed by atoms with van der Waals surface area (Å²) in [6, 6.07) is 11.7. The van der Waals surface area contributed by atoms with Crippen molar-refractivity contribution in [1.82, 2.24) is 0 Å². The summed E-state index contributed by atoms with van der Waals surface area (Å²) >= 11 is 8.25. The van der Waals surface area contributed by atoms with Crippen molar-refractivity contribution in [3.8, 4) is 5.75 Å². The van der Waals surface area contributed by atoms with Crippen molar-refractivity contribution in [2.75, 3.05) is 18.5 Å². The van der Waals surface area contributed by atoms with Crippen LogP contribution in [0.15, 0.2) is 42.5 Å². The molecule has 2 N–H and O–H groups in total. The summed E-state index contributed by atoms with van der Waals surface area (Å²) < 4.78 is 19.6. The molecule has 0 amide bonds. The molecule has 2 aromatic rings. The summed E-state index contributed by atoms with van der Waals surface area (Å²) in [7, 11) is 0. The minimum atomic E-state index is -0.778. The quantitative estimate of drug-likeness (QED) is 0.695. The smallest absolute Gasteiger partial charge is 0.165 e. The summed E-state index contributed by atoms with van der Waals surface area (Å²) in [5.74, 6) is -0.317. The first-order valence-electron chi connectivity index (χ1n) is 6.30. The van der Waals surface area contributed by atoms with Crippen LogP contribution >= 0.6 is 34.2 Å². The monoisotopic (exact) mass is 421 g/mol. The third-order valence-electron chi connectivity index (χ3n) is 2.73. The van der Waals surface area contributed by atoms with E-state index in [-0.39, 0.29) is 18.9 Å². The zero-order valence-corrected chi connectivity index (χ0v) is 13.9. The van der Waals surface area contributed by atoms with Crippen molar-refractivity contribution in [2.24, 2.45) is 0 Å². The molecular weight excluding hydrogens is 408 g/mol. The molecular formula is C15H14ClFINO2. The molecule has 2 aromatic carbocycles. The van der Waals surface area contributed by atoms with Gasteiger partial charge in [-0.1, -0.05) is 23.7 Å². The van der Waals surface area contributed by atoms with E-state index in [9.17, 15) is 9.50 Å². The van der Waals surface area contributed by atoms with Crippen molar-refractivity contribution in [2.45, 2.75) is 6.10 Å². The number of anilines is 1. The van der Waals surface area contributed by atoms with Crippen LogP contribution in [0.2, 0.25) is 5.02 Å². The highest BCUT2D eigenvalue weighted by atomic mass is 127. The summed E-state index contributed by atoms with van der Waals surface area (Å²) in [5.41, 5.74) is 0.738. The van der Waals surface area contributed by atoms with Gasteiger partial charge in [-0.2, -0.15) is 0 Å². The van der Waals surface area contributed by atoms with Gasteiger partial charge in [-0.25, -0.2) is 4.39 Å². The highest BCUT2D eigenvalue weighted by Crippen LogP contribution is 2.23. The van der Waals surface area contributed by atoms with Crippen LogP contribution in [0.1, 0.15) is 0 Å². The Labute approximate surface area is 141 Å². The van der Waals surface area contributed by atoms with E-state index in [0.29, 0.717) is 5.02 Å². The number of halogens is 3. The number of aliphatic hydroxyl groups excluding tert-OH is 1. The molecule has 2 rings (SSSR count). The Balaban J connectivity index is 1.82. The molecule has 0 aliphatic carbocycles. The van der Waals surface area contributed by atoms with Crippen molar-refractivity contribution in [3.05, 3.63) is 56.9 Å². The van der Waals surface area contributed by atoms with Gasteiger partial charge in [0.15, 0.2) is 11.6 Å². The fraction of sp³-hybridized carbons (Fsp3) is 0.200. The van der Waals surface area contributed by atoms with Gasteiger partial charge in [0.2, 0.25) is 0 Å². The largest absolute Gasteiger partial charge is 0.488 e. The minimum absolute atomic E-state index is 0.00405. The molecule has 0 saturated carbocycles. The minimum Gasteiger partial charge on any atom is -0.488 e. The topological polar surface area (TPSA) is 41.5 Å². The average Bonchev–Trinajstić information content (AvgIpc) is 2.45. The third-order valence-corrected chi connectivity index (χ3v) is 3.71. The van der Waals surface area contributed by atoms with Crippen LogP contribution in [-0.4, -0.2) is 24.4 Å². The van der Waals surface area contributed by atoms with Gasteiger partial charge in [-0.3, -0.25) is 0 Å². The van der Waals surface area contributed by atoms with Crippen LogP contribution in [0.5, 0.6) is 5.75 Å². The van der Waals surface area contributed by atoms with E-state index in [1.807, 2.05) is 18.2 Å². The van der Waals surface area contributed by atoms with Crippen LogP contribution in [0.3, 0.4) is 0 Å². The predicted molar refractivity (Wildman–Crippen MR) is 90.6 cm³/mol. The van der Waals surface area contributed by atoms with Gasteiger partial charge in [-0.05, 0) is 52.9 Å². The first kappa shape index (κ1) is 16.3. The molecule has 112 valence electrons. The zero-order valence-electron chi connectivity index (χ0n) is 11.0. The molecule has 0 aromatic heterocycles. The summed E-state index contributed by atoms with van der Waals surface area (Å²) in [6.45, 7) is 0.255. The highest BCUT2D eigenvalue weighted by molar-refractivity contribution is 14.1. The van der Waals surface area contributed by atoms with Gasteiger partial charge in [0.05, 0.1) is 10.7 Å². The van der Waals surface area contributed by atoms with Crippen LogP contribution in [0.4, 0.5) is 10.1 Å². The van der Waals surface area contributed by atoms with Gasteiger partial charge in [-0.15, -0.1) is 0 Å². The first-order chi connectivity index (χ1) is 10.1. The fourth-order valence-electron chi connectivity index (χ4n) is 1.67. The molecule has 21 heavy (non-hydrogen) atoms. The van der Waals surface area contributed by atoms with Crippen LogP contribution in [0, 0.1) is 9.39 Å². The Bertz CT molecular complexity index is 612. The Morgan fingerprint density at radius 3 is 2.76 bits per heavy atom. The van der Waals surface area contributed by atoms with E-state index >= 15 is 0 Å². The molecule has 0 saturated heterocycles. The van der Waals surface area contributed by atoms with Gasteiger partial charge >= 0.3 is 0 Å². The molecule has 0 heterocycles. The molecule has 0 aliphatic heterocycles. The van der Waals surface area contributed by atoms with Gasteiger partial charge in [0, 0.05) is 10.1 Å². The van der Waals surface area contributed by atoms with E-state index < -0.39 is 11.9 Å². The molecule has 0 aliphatic rings. The Morgan fingerprint density at radius 1 is 1.29 bits per heavy atom.